The summed E-state index contributed by atoms with van der Waals surface area (Å²) >= 11 is 0. The van der Waals surface area contributed by atoms with Gasteiger partial charge in [0.05, 0.1) is 6.04 Å². The number of carbonyl (C=O) groups excluding carboxylic acids is 1. The Balaban J connectivity index is 2.21. The number of aromatic nitrogens is 3. The maximum atomic E-state index is 12.3. The number of carbonyl (C=O) groups is 1. The van der Waals surface area contributed by atoms with E-state index in [9.17, 15) is 4.79 Å². The standard InChI is InChI=1S/C14H20N4O2/c1-5-10-12(16-8-20-10)14(19)17-11(9(2)3)13-15-6-7-18(13)4/h6-9,11H,5H2,1-4H3,(H,17,19)/t11-/m0/s1. The molecule has 0 fully saturated rings. The Morgan fingerprint density at radius 2 is 2.20 bits per heavy atom. The van der Waals surface area contributed by atoms with Gasteiger partial charge in [0.1, 0.15) is 11.6 Å². The Bertz CT molecular complexity index is 586. The summed E-state index contributed by atoms with van der Waals surface area (Å²) in [5.74, 6) is 1.43. The summed E-state index contributed by atoms with van der Waals surface area (Å²) in [5.41, 5.74) is 0.354. The molecule has 0 saturated heterocycles. The Labute approximate surface area is 118 Å². The molecule has 2 aromatic rings. The van der Waals surface area contributed by atoms with Crippen molar-refractivity contribution in [2.24, 2.45) is 13.0 Å². The third-order valence-corrected chi connectivity index (χ3v) is 3.27. The lowest BCUT2D eigenvalue weighted by Crippen LogP contribution is -2.34. The lowest BCUT2D eigenvalue weighted by atomic mass is 10.0. The maximum absolute atomic E-state index is 12.3. The fraction of sp³-hybridized carbons (Fsp3) is 0.500. The van der Waals surface area contributed by atoms with E-state index in [0.717, 1.165) is 5.82 Å². The summed E-state index contributed by atoms with van der Waals surface area (Å²) in [6.07, 6.45) is 5.53. The van der Waals surface area contributed by atoms with Gasteiger partial charge < -0.3 is 14.3 Å². The first-order chi connectivity index (χ1) is 9.54. The summed E-state index contributed by atoms with van der Waals surface area (Å²) < 4.78 is 7.11. The molecule has 108 valence electrons. The van der Waals surface area contributed by atoms with Crippen LogP contribution in [0.25, 0.3) is 0 Å². The number of nitrogens with one attached hydrogen (secondary N) is 1. The van der Waals surface area contributed by atoms with Gasteiger partial charge in [-0.15, -0.1) is 0 Å². The molecule has 20 heavy (non-hydrogen) atoms. The van der Waals surface area contributed by atoms with Crippen molar-refractivity contribution >= 4 is 5.91 Å². The van der Waals surface area contributed by atoms with E-state index in [0.29, 0.717) is 17.9 Å². The van der Waals surface area contributed by atoms with E-state index in [1.54, 1.807) is 6.20 Å². The number of amides is 1. The number of nitrogens with zero attached hydrogens (tertiary/aromatic N) is 3. The van der Waals surface area contributed by atoms with E-state index in [-0.39, 0.29) is 17.9 Å². The SMILES string of the molecule is CCc1ocnc1C(=O)N[C@H](c1nccn1C)C(C)C. The Hall–Kier alpha value is -2.11. The summed E-state index contributed by atoms with van der Waals surface area (Å²) in [7, 11) is 1.91. The second-order valence-electron chi connectivity index (χ2n) is 5.07. The minimum atomic E-state index is -0.225. The van der Waals surface area contributed by atoms with Crippen LogP contribution in [0.3, 0.4) is 0 Å². The molecule has 2 aromatic heterocycles. The molecule has 1 atom stereocenters. The van der Waals surface area contributed by atoms with Crippen molar-refractivity contribution in [2.45, 2.75) is 33.2 Å². The fourth-order valence-corrected chi connectivity index (χ4v) is 2.12. The third kappa shape index (κ3) is 2.74. The summed E-state index contributed by atoms with van der Waals surface area (Å²) in [6, 6.07) is -0.163. The highest BCUT2D eigenvalue weighted by Crippen LogP contribution is 2.20. The van der Waals surface area contributed by atoms with Crippen molar-refractivity contribution in [2.75, 3.05) is 0 Å². The van der Waals surface area contributed by atoms with Gasteiger partial charge in [-0.1, -0.05) is 20.8 Å². The van der Waals surface area contributed by atoms with Crippen molar-refractivity contribution in [3.63, 3.8) is 0 Å². The third-order valence-electron chi connectivity index (χ3n) is 3.27. The molecule has 0 aliphatic carbocycles. The predicted molar refractivity (Wildman–Crippen MR) is 74.1 cm³/mol. The normalized spacial score (nSPS) is 12.7. The zero-order valence-electron chi connectivity index (χ0n) is 12.3. The summed E-state index contributed by atoms with van der Waals surface area (Å²) in [5, 5.41) is 2.99. The Kier molecular flexibility index (Phi) is 4.22. The highest BCUT2D eigenvalue weighted by molar-refractivity contribution is 5.93. The van der Waals surface area contributed by atoms with E-state index < -0.39 is 0 Å². The molecule has 0 unspecified atom stereocenters. The first kappa shape index (κ1) is 14.3. The van der Waals surface area contributed by atoms with Gasteiger partial charge in [-0.25, -0.2) is 9.97 Å². The van der Waals surface area contributed by atoms with Crippen molar-refractivity contribution in [3.8, 4) is 0 Å². The monoisotopic (exact) mass is 276 g/mol. The molecular formula is C14H20N4O2. The van der Waals surface area contributed by atoms with E-state index >= 15 is 0 Å². The molecular weight excluding hydrogens is 256 g/mol. The second kappa shape index (κ2) is 5.90. The highest BCUT2D eigenvalue weighted by atomic mass is 16.3. The van der Waals surface area contributed by atoms with Gasteiger partial charge in [0.2, 0.25) is 0 Å². The topological polar surface area (TPSA) is 73.0 Å². The van der Waals surface area contributed by atoms with Crippen LogP contribution in [0, 0.1) is 5.92 Å². The van der Waals surface area contributed by atoms with E-state index in [1.807, 2.05) is 38.6 Å². The van der Waals surface area contributed by atoms with Crippen LogP contribution in [0.15, 0.2) is 23.2 Å². The van der Waals surface area contributed by atoms with Crippen LogP contribution in [-0.2, 0) is 13.5 Å². The average Bonchev–Trinajstić information content (AvgIpc) is 3.03. The van der Waals surface area contributed by atoms with Crippen LogP contribution in [0.1, 0.15) is 48.9 Å². The quantitative estimate of drug-likeness (QED) is 0.907. The van der Waals surface area contributed by atoms with Crippen LogP contribution in [0.2, 0.25) is 0 Å². The zero-order valence-corrected chi connectivity index (χ0v) is 12.3. The van der Waals surface area contributed by atoms with E-state index in [4.69, 9.17) is 4.42 Å². The molecule has 0 aromatic carbocycles. The first-order valence-electron chi connectivity index (χ1n) is 6.75. The molecule has 6 heteroatoms. The molecule has 1 N–H and O–H groups in total. The predicted octanol–water partition coefficient (Wildman–Crippen LogP) is 2.10. The molecule has 0 bridgehead atoms. The Morgan fingerprint density at radius 3 is 2.75 bits per heavy atom. The molecule has 0 aliphatic rings. The van der Waals surface area contributed by atoms with Crippen molar-refractivity contribution < 1.29 is 9.21 Å². The summed E-state index contributed by atoms with van der Waals surface area (Å²) in [4.78, 5) is 20.7. The van der Waals surface area contributed by atoms with E-state index in [1.165, 1.54) is 6.39 Å². The van der Waals surface area contributed by atoms with Crippen molar-refractivity contribution in [3.05, 3.63) is 36.1 Å². The van der Waals surface area contributed by atoms with Gasteiger partial charge in [0.25, 0.3) is 5.91 Å². The van der Waals surface area contributed by atoms with E-state index in [2.05, 4.69) is 15.3 Å². The van der Waals surface area contributed by atoms with Gasteiger partial charge in [-0.05, 0) is 5.92 Å². The first-order valence-corrected chi connectivity index (χ1v) is 6.75. The average molecular weight is 276 g/mol. The molecule has 6 nitrogen and oxygen atoms in total. The van der Waals surface area contributed by atoms with Crippen LogP contribution >= 0.6 is 0 Å². The Morgan fingerprint density at radius 1 is 1.45 bits per heavy atom. The largest absolute Gasteiger partial charge is 0.448 e. The molecule has 2 heterocycles. The van der Waals surface area contributed by atoms with Gasteiger partial charge in [0, 0.05) is 25.9 Å². The number of imidazole rings is 1. The second-order valence-corrected chi connectivity index (χ2v) is 5.07. The van der Waals surface area contributed by atoms with Crippen LogP contribution in [0.4, 0.5) is 0 Å². The minimum Gasteiger partial charge on any atom is -0.448 e. The molecule has 0 radical (unpaired) electrons. The molecule has 0 saturated carbocycles. The highest BCUT2D eigenvalue weighted by Gasteiger charge is 2.25. The van der Waals surface area contributed by atoms with Gasteiger partial charge in [-0.3, -0.25) is 4.79 Å². The molecule has 1 amide bonds. The molecule has 0 spiro atoms. The number of hydrogen-bond acceptors (Lipinski definition) is 4. The van der Waals surface area contributed by atoms with Crippen LogP contribution < -0.4 is 5.32 Å². The van der Waals surface area contributed by atoms with Crippen molar-refractivity contribution in [1.29, 1.82) is 0 Å². The van der Waals surface area contributed by atoms with Gasteiger partial charge in [-0.2, -0.15) is 0 Å². The smallest absolute Gasteiger partial charge is 0.274 e. The minimum absolute atomic E-state index is 0.163. The lowest BCUT2D eigenvalue weighted by Gasteiger charge is -2.21. The number of hydrogen-bond donors (Lipinski definition) is 1. The number of oxazole rings is 1. The van der Waals surface area contributed by atoms with Crippen LogP contribution in [-0.4, -0.2) is 20.4 Å². The maximum Gasteiger partial charge on any atom is 0.274 e. The molecule has 0 aliphatic heterocycles. The van der Waals surface area contributed by atoms with Crippen molar-refractivity contribution in [1.82, 2.24) is 19.9 Å². The zero-order chi connectivity index (χ0) is 14.7. The fourth-order valence-electron chi connectivity index (χ4n) is 2.12. The van der Waals surface area contributed by atoms with Gasteiger partial charge >= 0.3 is 0 Å². The lowest BCUT2D eigenvalue weighted by molar-refractivity contribution is 0.0916. The molecule has 2 rings (SSSR count). The summed E-state index contributed by atoms with van der Waals surface area (Å²) in [6.45, 7) is 6.02. The number of aryl methyl sites for hydroxylation is 2. The van der Waals surface area contributed by atoms with Gasteiger partial charge in [0.15, 0.2) is 12.1 Å². The number of rotatable bonds is 5. The van der Waals surface area contributed by atoms with Crippen LogP contribution in [0.5, 0.6) is 0 Å².